The van der Waals surface area contributed by atoms with Gasteiger partial charge in [0.1, 0.15) is 22.5 Å². The van der Waals surface area contributed by atoms with Crippen LogP contribution in [-0.4, -0.2) is 34.9 Å². The van der Waals surface area contributed by atoms with Gasteiger partial charge in [-0.2, -0.15) is 0 Å². The number of benzene rings is 4. The number of hydrazine groups is 1. The van der Waals surface area contributed by atoms with Crippen molar-refractivity contribution in [2.75, 3.05) is 15.6 Å². The number of carbonyl (C=O) groups excluding carboxylic acids is 3. The Morgan fingerprint density at radius 1 is 0.761 bits per heavy atom. The third-order valence-corrected chi connectivity index (χ3v) is 14.0. The minimum Gasteiger partial charge on any atom is -0.480 e. The molecule has 5 rings (SSSR count). The number of carbonyl (C=O) groups is 3. The number of amidine groups is 1. The molecule has 1 aliphatic rings. The van der Waals surface area contributed by atoms with E-state index in [0.717, 1.165) is 24.8 Å². The van der Waals surface area contributed by atoms with E-state index in [1.165, 1.54) is 85.8 Å². The van der Waals surface area contributed by atoms with E-state index in [9.17, 15) is 14.4 Å². The maximum atomic E-state index is 14.5. The van der Waals surface area contributed by atoms with E-state index in [-0.39, 0.29) is 44.2 Å². The molecule has 1 fully saturated rings. The Morgan fingerprint density at radius 3 is 2.00 bits per heavy atom. The van der Waals surface area contributed by atoms with E-state index in [1.54, 1.807) is 24.3 Å². The van der Waals surface area contributed by atoms with Crippen molar-refractivity contribution in [3.05, 3.63) is 104 Å². The number of rotatable bonds is 22. The van der Waals surface area contributed by atoms with Gasteiger partial charge < -0.3 is 15.4 Å². The van der Waals surface area contributed by atoms with Gasteiger partial charge in [0.05, 0.1) is 26.4 Å². The molecule has 0 saturated carbocycles. The van der Waals surface area contributed by atoms with Gasteiger partial charge in [-0.25, -0.2) is 10.0 Å². The van der Waals surface area contributed by atoms with Crippen LogP contribution in [0.4, 0.5) is 22.7 Å². The van der Waals surface area contributed by atoms with E-state index >= 15 is 0 Å². The zero-order chi connectivity index (χ0) is 48.9. The maximum absolute atomic E-state index is 14.5. The number of halogens is 4. The molecule has 1 saturated heterocycles. The highest BCUT2D eigenvalue weighted by atomic mass is 35.5. The van der Waals surface area contributed by atoms with Gasteiger partial charge >= 0.3 is 0 Å². The van der Waals surface area contributed by atoms with Gasteiger partial charge in [-0.1, -0.05) is 190 Å². The lowest BCUT2D eigenvalue weighted by Crippen LogP contribution is -2.36. The lowest BCUT2D eigenvalue weighted by molar-refractivity contribution is -0.123. The Hall–Kier alpha value is -3.93. The van der Waals surface area contributed by atoms with Crippen LogP contribution in [0.2, 0.25) is 20.1 Å². The topological polar surface area (TPSA) is 112 Å². The van der Waals surface area contributed by atoms with E-state index in [2.05, 4.69) is 76.7 Å². The van der Waals surface area contributed by atoms with Crippen LogP contribution >= 0.6 is 58.2 Å². The molecule has 0 aromatic heterocycles. The van der Waals surface area contributed by atoms with Crippen molar-refractivity contribution in [3.63, 3.8) is 0 Å². The number of thioether (sulfide) groups is 1. The molecule has 9 nitrogen and oxygen atoms in total. The van der Waals surface area contributed by atoms with Crippen LogP contribution < -0.4 is 25.8 Å². The van der Waals surface area contributed by atoms with Crippen molar-refractivity contribution in [1.29, 1.82) is 0 Å². The summed E-state index contributed by atoms with van der Waals surface area (Å²) in [6.07, 6.45) is 13.2. The number of aliphatic imine (C=N–C) groups is 1. The second kappa shape index (κ2) is 25.1. The van der Waals surface area contributed by atoms with Crippen molar-refractivity contribution < 1.29 is 19.1 Å². The van der Waals surface area contributed by atoms with Crippen LogP contribution in [-0.2, 0) is 25.2 Å². The number of nitrogens with zero attached hydrogens (tertiary/aromatic N) is 2. The Kier molecular flexibility index (Phi) is 20.2. The molecule has 2 unspecified atom stereocenters. The van der Waals surface area contributed by atoms with Crippen LogP contribution in [0.15, 0.2) is 82.7 Å². The number of nitrogens with one attached hydrogen (secondary N) is 3. The Labute approximate surface area is 422 Å². The molecule has 4 aromatic carbocycles. The lowest BCUT2D eigenvalue weighted by Gasteiger charge is -2.29. The lowest BCUT2D eigenvalue weighted by atomic mass is 9.80. The van der Waals surface area contributed by atoms with Gasteiger partial charge in [-0.3, -0.25) is 19.8 Å². The van der Waals surface area contributed by atoms with Gasteiger partial charge in [0.2, 0.25) is 5.91 Å². The molecule has 4 aromatic rings. The summed E-state index contributed by atoms with van der Waals surface area (Å²) in [6.45, 7) is 17.1. The number of anilines is 3. The second-order valence-electron chi connectivity index (χ2n) is 19.2. The fourth-order valence-corrected chi connectivity index (χ4v) is 9.95. The summed E-state index contributed by atoms with van der Waals surface area (Å²) in [4.78, 5) is 47.2. The van der Waals surface area contributed by atoms with Gasteiger partial charge in [-0.05, 0) is 83.3 Å². The molecular weight excluding hydrogens is 944 g/mol. The van der Waals surface area contributed by atoms with Crippen molar-refractivity contribution in [3.8, 4) is 5.75 Å². The minimum absolute atomic E-state index is 0.0634. The molecule has 0 spiro atoms. The molecule has 1 aliphatic heterocycles. The monoisotopic (exact) mass is 1010 g/mol. The Morgan fingerprint density at radius 2 is 1.39 bits per heavy atom. The van der Waals surface area contributed by atoms with Crippen LogP contribution in [0.5, 0.6) is 5.75 Å². The van der Waals surface area contributed by atoms with Gasteiger partial charge in [-0.15, -0.1) is 11.8 Å². The molecule has 3 amide bonds. The molecule has 3 N–H and O–H groups in total. The quantitative estimate of drug-likeness (QED) is 0.0676. The summed E-state index contributed by atoms with van der Waals surface area (Å²) < 4.78 is 6.51. The van der Waals surface area contributed by atoms with E-state index in [1.807, 2.05) is 31.2 Å². The smallest absolute Gasteiger partial charge is 0.267 e. The fourth-order valence-electron chi connectivity index (χ4n) is 7.72. The SMILES string of the molecule is CCCCCCCCCCCCCC(=O)Nc1ccc(Cl)c(N=C2NN(c3c(Cl)cc(Cl)cc3Cl)C(=O)C2Sc2ccccc2NC(=O)C(CC)Oc2ccc(C(C)(C)C)cc2C(C)(C)C)c1. The molecule has 0 bridgehead atoms. The summed E-state index contributed by atoms with van der Waals surface area (Å²) in [6, 6.07) is 21.5. The fraction of sp³-hybridized carbons (Fsp3) is 0.472. The average Bonchev–Trinajstić information content (AvgIpc) is 3.55. The summed E-state index contributed by atoms with van der Waals surface area (Å²) in [5.74, 6) is -0.00460. The molecule has 67 heavy (non-hydrogen) atoms. The van der Waals surface area contributed by atoms with Gasteiger partial charge in [0, 0.05) is 22.0 Å². The third kappa shape index (κ3) is 15.5. The first kappa shape index (κ1) is 54.0. The van der Waals surface area contributed by atoms with E-state index in [0.29, 0.717) is 50.6 Å². The normalized spacial score (nSPS) is 15.2. The number of unbranched alkanes of at least 4 members (excludes halogenated alkanes) is 10. The molecule has 1 heterocycles. The number of ether oxygens (including phenoxy) is 1. The molecule has 14 heteroatoms. The minimum atomic E-state index is -0.995. The number of para-hydroxylation sites is 1. The summed E-state index contributed by atoms with van der Waals surface area (Å²) in [5, 5.41) is 7.20. The summed E-state index contributed by atoms with van der Waals surface area (Å²) in [5.41, 5.74) is 6.52. The largest absolute Gasteiger partial charge is 0.480 e. The molecule has 2 atom stereocenters. The van der Waals surface area contributed by atoms with Crippen molar-refractivity contribution in [1.82, 2.24) is 5.43 Å². The van der Waals surface area contributed by atoms with Crippen LogP contribution in [0.1, 0.15) is 150 Å². The standard InChI is InChI=1S/C53H67Cl4N5O4S/c1-9-11-12-13-14-15-16-17-18-19-20-25-46(63)58-36-27-28-38(55)42(33-36)59-49-48(51(65)62(61-49)47-39(56)31-35(54)32-40(47)57)67-45-24-22-21-23-41(45)60-50(64)43(10-2)66-44-29-26-34(52(3,4)5)30-37(44)53(6,7)8/h21-24,26-33,43,48H,9-20,25H2,1-8H3,(H,58,63)(H,59,61)(H,60,64). The first-order valence-corrected chi connectivity index (χ1v) is 26.0. The van der Waals surface area contributed by atoms with E-state index < -0.39 is 17.3 Å². The predicted molar refractivity (Wildman–Crippen MR) is 284 cm³/mol. The maximum Gasteiger partial charge on any atom is 0.267 e. The Balaban J connectivity index is 1.35. The van der Waals surface area contributed by atoms with Gasteiger partial charge in [0.25, 0.3) is 11.8 Å². The van der Waals surface area contributed by atoms with Crippen molar-refractivity contribution in [2.45, 2.75) is 166 Å². The number of amides is 3. The highest BCUT2D eigenvalue weighted by Gasteiger charge is 2.41. The second-order valence-corrected chi connectivity index (χ2v) is 22.0. The van der Waals surface area contributed by atoms with E-state index in [4.69, 9.17) is 56.1 Å². The zero-order valence-corrected chi connectivity index (χ0v) is 44.1. The molecular formula is C53H67Cl4N5O4S. The summed E-state index contributed by atoms with van der Waals surface area (Å²) in [7, 11) is 0. The number of hydrogen-bond acceptors (Lipinski definition) is 6. The third-order valence-electron chi connectivity index (χ3n) is 11.6. The molecule has 362 valence electrons. The first-order chi connectivity index (χ1) is 31.8. The highest BCUT2D eigenvalue weighted by molar-refractivity contribution is 8.01. The molecule has 0 aliphatic carbocycles. The zero-order valence-electron chi connectivity index (χ0n) is 40.2. The molecule has 0 radical (unpaired) electrons. The van der Waals surface area contributed by atoms with Crippen LogP contribution in [0.25, 0.3) is 0 Å². The van der Waals surface area contributed by atoms with Gasteiger partial charge in [0.15, 0.2) is 6.10 Å². The van der Waals surface area contributed by atoms with Crippen molar-refractivity contribution in [2.24, 2.45) is 4.99 Å². The summed E-state index contributed by atoms with van der Waals surface area (Å²) >= 11 is 27.5. The Bertz CT molecular complexity index is 2360. The predicted octanol–water partition coefficient (Wildman–Crippen LogP) is 16.1. The van der Waals surface area contributed by atoms with Crippen LogP contribution in [0.3, 0.4) is 0 Å². The van der Waals surface area contributed by atoms with Crippen LogP contribution in [0, 0.1) is 0 Å². The average molecular weight is 1010 g/mol. The highest BCUT2D eigenvalue weighted by Crippen LogP contribution is 2.42. The van der Waals surface area contributed by atoms with Crippen molar-refractivity contribution >= 4 is 104 Å². The number of hydrogen-bond donors (Lipinski definition) is 3. The first-order valence-electron chi connectivity index (χ1n) is 23.6.